The third-order valence-corrected chi connectivity index (χ3v) is 3.53. The molecule has 0 aromatic heterocycles. The van der Waals surface area contributed by atoms with Crippen molar-refractivity contribution in [2.75, 3.05) is 13.1 Å². The SMILES string of the molecule is CCNC(=NCc1ccccc1F)NCCCC(=O)NC1CC1.I. The summed E-state index contributed by atoms with van der Waals surface area (Å²) in [7, 11) is 0. The number of carbonyl (C=O) groups is 1. The molecule has 24 heavy (non-hydrogen) atoms. The van der Waals surface area contributed by atoms with Gasteiger partial charge in [-0.1, -0.05) is 18.2 Å². The number of benzene rings is 1. The van der Waals surface area contributed by atoms with Gasteiger partial charge in [-0.05, 0) is 32.3 Å². The molecule has 1 aliphatic rings. The third kappa shape index (κ3) is 7.94. The molecule has 1 aromatic rings. The molecule has 0 bridgehead atoms. The van der Waals surface area contributed by atoms with Crippen LogP contribution in [0.3, 0.4) is 0 Å². The molecular formula is C17H26FIN4O. The van der Waals surface area contributed by atoms with Gasteiger partial charge in [0, 0.05) is 31.1 Å². The van der Waals surface area contributed by atoms with E-state index in [-0.39, 0.29) is 42.2 Å². The Balaban J connectivity index is 0.00000288. The number of aliphatic imine (C=N–C) groups is 1. The van der Waals surface area contributed by atoms with Crippen LogP contribution in [0.5, 0.6) is 0 Å². The molecule has 0 unspecified atom stereocenters. The van der Waals surface area contributed by atoms with Gasteiger partial charge in [-0.2, -0.15) is 0 Å². The maximum Gasteiger partial charge on any atom is 0.220 e. The Labute approximate surface area is 159 Å². The lowest BCUT2D eigenvalue weighted by atomic mass is 10.2. The number of nitrogens with zero attached hydrogens (tertiary/aromatic N) is 1. The van der Waals surface area contributed by atoms with E-state index in [4.69, 9.17) is 0 Å². The van der Waals surface area contributed by atoms with E-state index in [1.54, 1.807) is 18.2 Å². The van der Waals surface area contributed by atoms with Crippen LogP contribution in [-0.2, 0) is 11.3 Å². The molecule has 1 aromatic carbocycles. The van der Waals surface area contributed by atoms with E-state index in [9.17, 15) is 9.18 Å². The number of hydrogen-bond acceptors (Lipinski definition) is 2. The number of amides is 1. The second-order valence-corrected chi connectivity index (χ2v) is 5.66. The van der Waals surface area contributed by atoms with Crippen LogP contribution in [0.2, 0.25) is 0 Å². The normalized spacial score (nSPS) is 13.8. The monoisotopic (exact) mass is 448 g/mol. The minimum atomic E-state index is -0.246. The summed E-state index contributed by atoms with van der Waals surface area (Å²) < 4.78 is 13.6. The first-order valence-corrected chi connectivity index (χ1v) is 8.24. The molecular weight excluding hydrogens is 422 g/mol. The molecule has 0 aliphatic heterocycles. The molecule has 0 spiro atoms. The number of guanidine groups is 1. The van der Waals surface area contributed by atoms with Gasteiger partial charge in [-0.15, -0.1) is 24.0 Å². The van der Waals surface area contributed by atoms with Crippen LogP contribution in [0.25, 0.3) is 0 Å². The molecule has 1 fully saturated rings. The van der Waals surface area contributed by atoms with Gasteiger partial charge in [0.25, 0.3) is 0 Å². The fourth-order valence-corrected chi connectivity index (χ4v) is 2.12. The minimum absolute atomic E-state index is 0. The molecule has 0 atom stereocenters. The first kappa shape index (κ1) is 20.7. The molecule has 1 amide bonds. The Morgan fingerprint density at radius 2 is 2.04 bits per heavy atom. The van der Waals surface area contributed by atoms with Crippen molar-refractivity contribution in [2.24, 2.45) is 4.99 Å². The lowest BCUT2D eigenvalue weighted by Gasteiger charge is -2.11. The van der Waals surface area contributed by atoms with Crippen molar-refractivity contribution in [1.29, 1.82) is 0 Å². The van der Waals surface area contributed by atoms with Crippen LogP contribution in [0.15, 0.2) is 29.3 Å². The number of hydrogen-bond donors (Lipinski definition) is 3. The minimum Gasteiger partial charge on any atom is -0.357 e. The Bertz CT molecular complexity index is 549. The lowest BCUT2D eigenvalue weighted by molar-refractivity contribution is -0.121. The second-order valence-electron chi connectivity index (χ2n) is 5.66. The van der Waals surface area contributed by atoms with Crippen LogP contribution < -0.4 is 16.0 Å². The van der Waals surface area contributed by atoms with Crippen LogP contribution in [0, 0.1) is 5.82 Å². The fraction of sp³-hybridized carbons (Fsp3) is 0.529. The zero-order valence-corrected chi connectivity index (χ0v) is 16.3. The Morgan fingerprint density at radius 3 is 2.71 bits per heavy atom. The average Bonchev–Trinajstić information content (AvgIpc) is 3.34. The zero-order valence-electron chi connectivity index (χ0n) is 14.0. The molecule has 1 saturated carbocycles. The molecule has 134 valence electrons. The first-order valence-electron chi connectivity index (χ1n) is 8.24. The summed E-state index contributed by atoms with van der Waals surface area (Å²) in [5.74, 6) is 0.504. The summed E-state index contributed by atoms with van der Waals surface area (Å²) >= 11 is 0. The fourth-order valence-electron chi connectivity index (χ4n) is 2.12. The highest BCUT2D eigenvalue weighted by Crippen LogP contribution is 2.18. The van der Waals surface area contributed by atoms with Crippen LogP contribution in [-0.4, -0.2) is 31.0 Å². The summed E-state index contributed by atoms with van der Waals surface area (Å²) in [5, 5.41) is 9.26. The van der Waals surface area contributed by atoms with Crippen molar-refractivity contribution >= 4 is 35.8 Å². The van der Waals surface area contributed by atoms with Crippen LogP contribution >= 0.6 is 24.0 Å². The van der Waals surface area contributed by atoms with Crippen molar-refractivity contribution in [3.63, 3.8) is 0 Å². The van der Waals surface area contributed by atoms with Gasteiger partial charge in [0.15, 0.2) is 5.96 Å². The van der Waals surface area contributed by atoms with Crippen molar-refractivity contribution < 1.29 is 9.18 Å². The highest BCUT2D eigenvalue weighted by Gasteiger charge is 2.22. The van der Waals surface area contributed by atoms with Crippen LogP contribution in [0.4, 0.5) is 4.39 Å². The Morgan fingerprint density at radius 1 is 1.29 bits per heavy atom. The Hall–Kier alpha value is -1.38. The van der Waals surface area contributed by atoms with E-state index < -0.39 is 0 Å². The largest absolute Gasteiger partial charge is 0.357 e. The average molecular weight is 448 g/mol. The van der Waals surface area contributed by atoms with Crippen LogP contribution in [0.1, 0.15) is 38.2 Å². The highest BCUT2D eigenvalue weighted by molar-refractivity contribution is 14.0. The van der Waals surface area contributed by atoms with Crippen molar-refractivity contribution in [3.05, 3.63) is 35.6 Å². The molecule has 3 N–H and O–H groups in total. The van der Waals surface area contributed by atoms with E-state index in [0.29, 0.717) is 30.5 Å². The molecule has 5 nitrogen and oxygen atoms in total. The van der Waals surface area contributed by atoms with E-state index in [2.05, 4.69) is 20.9 Å². The van der Waals surface area contributed by atoms with Crippen molar-refractivity contribution in [1.82, 2.24) is 16.0 Å². The van der Waals surface area contributed by atoms with Crippen molar-refractivity contribution in [2.45, 2.75) is 45.2 Å². The van der Waals surface area contributed by atoms with E-state index in [1.807, 2.05) is 6.92 Å². The van der Waals surface area contributed by atoms with Gasteiger partial charge in [0.1, 0.15) is 5.82 Å². The number of nitrogens with one attached hydrogen (secondary N) is 3. The summed E-state index contributed by atoms with van der Waals surface area (Å²) in [4.78, 5) is 16.0. The van der Waals surface area contributed by atoms with Gasteiger partial charge < -0.3 is 16.0 Å². The maximum absolute atomic E-state index is 13.6. The molecule has 0 radical (unpaired) electrons. The topological polar surface area (TPSA) is 65.5 Å². The summed E-state index contributed by atoms with van der Waals surface area (Å²) in [6.45, 7) is 3.64. The van der Waals surface area contributed by atoms with E-state index in [1.165, 1.54) is 6.07 Å². The summed E-state index contributed by atoms with van der Waals surface area (Å²) in [6.07, 6.45) is 3.47. The van der Waals surface area contributed by atoms with Gasteiger partial charge in [-0.3, -0.25) is 4.79 Å². The second kappa shape index (κ2) is 11.2. The molecule has 7 heteroatoms. The quantitative estimate of drug-likeness (QED) is 0.248. The first-order chi connectivity index (χ1) is 11.2. The smallest absolute Gasteiger partial charge is 0.220 e. The number of carbonyl (C=O) groups excluding carboxylic acids is 1. The molecule has 0 heterocycles. The van der Waals surface area contributed by atoms with E-state index >= 15 is 0 Å². The molecule has 1 aliphatic carbocycles. The Kier molecular flexibility index (Phi) is 9.66. The third-order valence-electron chi connectivity index (χ3n) is 3.53. The predicted octanol–water partition coefficient (Wildman–Crippen LogP) is 2.56. The predicted molar refractivity (Wildman–Crippen MR) is 105 cm³/mol. The van der Waals surface area contributed by atoms with Crippen molar-refractivity contribution in [3.8, 4) is 0 Å². The highest BCUT2D eigenvalue weighted by atomic mass is 127. The van der Waals surface area contributed by atoms with Gasteiger partial charge in [0.2, 0.25) is 5.91 Å². The maximum atomic E-state index is 13.6. The summed E-state index contributed by atoms with van der Waals surface area (Å²) in [5.41, 5.74) is 0.563. The standard InChI is InChI=1S/C17H25FN4O.HI/c1-2-19-17(21-12-13-6-3-4-7-15(13)18)20-11-5-8-16(23)22-14-9-10-14;/h3-4,6-7,14H,2,5,8-12H2,1H3,(H,22,23)(H2,19,20,21);1H. The van der Waals surface area contributed by atoms with Gasteiger partial charge >= 0.3 is 0 Å². The van der Waals surface area contributed by atoms with Gasteiger partial charge in [0.05, 0.1) is 6.54 Å². The summed E-state index contributed by atoms with van der Waals surface area (Å²) in [6, 6.07) is 7.04. The zero-order chi connectivity index (χ0) is 16.5. The number of rotatable bonds is 8. The molecule has 2 rings (SSSR count). The van der Waals surface area contributed by atoms with E-state index in [0.717, 1.165) is 25.8 Å². The number of halogens is 2. The molecule has 0 saturated heterocycles. The lowest BCUT2D eigenvalue weighted by Crippen LogP contribution is -2.38. The van der Waals surface area contributed by atoms with Gasteiger partial charge in [-0.25, -0.2) is 9.38 Å².